The molecule has 20 heavy (non-hydrogen) atoms. The van der Waals surface area contributed by atoms with Crippen LogP contribution >= 0.6 is 11.3 Å². The van der Waals surface area contributed by atoms with E-state index >= 15 is 0 Å². The van der Waals surface area contributed by atoms with Gasteiger partial charge in [0.2, 0.25) is 0 Å². The summed E-state index contributed by atoms with van der Waals surface area (Å²) in [5, 5.41) is 3.05. The lowest BCUT2D eigenvalue weighted by molar-refractivity contribution is -0.00280. The monoisotopic (exact) mass is 291 g/mol. The third-order valence-corrected chi connectivity index (χ3v) is 4.45. The molecule has 0 radical (unpaired) electrons. The van der Waals surface area contributed by atoms with E-state index in [2.05, 4.69) is 39.8 Å². The summed E-state index contributed by atoms with van der Waals surface area (Å²) in [6.07, 6.45) is 8.04. The molecule has 1 aliphatic heterocycles. The number of rotatable bonds is 5. The normalized spacial score (nSPS) is 19.6. The maximum absolute atomic E-state index is 5.81. The van der Waals surface area contributed by atoms with Crippen LogP contribution in [0.25, 0.3) is 5.13 Å². The highest BCUT2D eigenvalue weighted by molar-refractivity contribution is 7.12. The summed E-state index contributed by atoms with van der Waals surface area (Å²) in [5.74, 6) is 0. The van der Waals surface area contributed by atoms with E-state index in [-0.39, 0.29) is 0 Å². The fourth-order valence-corrected chi connectivity index (χ4v) is 3.36. The van der Waals surface area contributed by atoms with Crippen LogP contribution in [-0.2, 0) is 11.3 Å². The van der Waals surface area contributed by atoms with Crippen LogP contribution in [0.15, 0.2) is 29.9 Å². The minimum Gasteiger partial charge on any atom is -0.377 e. The molecule has 1 unspecified atom stereocenters. The minimum atomic E-state index is 0.400. The zero-order valence-electron chi connectivity index (χ0n) is 11.9. The first-order valence-corrected chi connectivity index (χ1v) is 8.07. The van der Waals surface area contributed by atoms with E-state index in [1.54, 1.807) is 11.3 Å². The van der Waals surface area contributed by atoms with E-state index in [1.165, 1.54) is 25.0 Å². The lowest BCUT2D eigenvalue weighted by atomic mass is 10.1. The Labute approximate surface area is 124 Å². The first-order chi connectivity index (χ1) is 9.83. The smallest absolute Gasteiger partial charge is 0.193 e. The molecular formula is C15H21N3OS. The third kappa shape index (κ3) is 3.29. The van der Waals surface area contributed by atoms with Crippen molar-refractivity contribution in [2.75, 3.05) is 20.2 Å². The molecule has 1 aliphatic rings. The Morgan fingerprint density at radius 2 is 2.45 bits per heavy atom. The van der Waals surface area contributed by atoms with Crippen molar-refractivity contribution in [3.63, 3.8) is 0 Å². The van der Waals surface area contributed by atoms with Crippen molar-refractivity contribution >= 4 is 11.3 Å². The van der Waals surface area contributed by atoms with Crippen LogP contribution in [0.5, 0.6) is 0 Å². The highest BCUT2D eigenvalue weighted by atomic mass is 32.1. The minimum absolute atomic E-state index is 0.400. The van der Waals surface area contributed by atoms with Gasteiger partial charge in [0.1, 0.15) is 0 Å². The van der Waals surface area contributed by atoms with Gasteiger partial charge in [0.15, 0.2) is 5.13 Å². The number of hydrogen-bond donors (Lipinski definition) is 0. The molecule has 5 heteroatoms. The van der Waals surface area contributed by atoms with Crippen molar-refractivity contribution in [3.05, 3.63) is 35.6 Å². The fraction of sp³-hybridized carbons (Fsp3) is 0.533. The molecule has 1 fully saturated rings. The van der Waals surface area contributed by atoms with Crippen molar-refractivity contribution in [3.8, 4) is 5.13 Å². The van der Waals surface area contributed by atoms with Crippen molar-refractivity contribution in [1.29, 1.82) is 0 Å². The van der Waals surface area contributed by atoms with Crippen molar-refractivity contribution in [2.45, 2.75) is 31.9 Å². The molecule has 0 aliphatic carbocycles. The molecule has 1 saturated heterocycles. The molecule has 4 nitrogen and oxygen atoms in total. The summed E-state index contributed by atoms with van der Waals surface area (Å²) in [6, 6.07) is 4.25. The zero-order valence-corrected chi connectivity index (χ0v) is 12.7. The number of ether oxygens (including phenoxy) is 1. The van der Waals surface area contributed by atoms with Gasteiger partial charge >= 0.3 is 0 Å². The number of thiazole rings is 1. The van der Waals surface area contributed by atoms with Crippen LogP contribution in [0.3, 0.4) is 0 Å². The summed E-state index contributed by atoms with van der Waals surface area (Å²) in [4.78, 5) is 6.72. The van der Waals surface area contributed by atoms with Crippen molar-refractivity contribution in [1.82, 2.24) is 14.5 Å². The Morgan fingerprint density at radius 3 is 3.20 bits per heavy atom. The first-order valence-electron chi connectivity index (χ1n) is 7.19. The summed E-state index contributed by atoms with van der Waals surface area (Å²) in [6.45, 7) is 2.85. The van der Waals surface area contributed by atoms with Gasteiger partial charge < -0.3 is 4.74 Å². The van der Waals surface area contributed by atoms with E-state index < -0.39 is 0 Å². The molecule has 1 atom stereocenters. The first kappa shape index (κ1) is 13.8. The van der Waals surface area contributed by atoms with E-state index in [9.17, 15) is 0 Å². The quantitative estimate of drug-likeness (QED) is 0.848. The fourth-order valence-electron chi connectivity index (χ4n) is 2.71. The largest absolute Gasteiger partial charge is 0.377 e. The standard InChI is InChI=1S/C15H21N3OS/c1-17(12-14-6-2-3-9-19-14)11-13-5-4-8-18(13)15-16-7-10-20-15/h4-5,7-8,10,14H,2-3,6,9,11-12H2,1H3. The highest BCUT2D eigenvalue weighted by Gasteiger charge is 2.16. The second-order valence-corrected chi connectivity index (χ2v) is 6.24. The van der Waals surface area contributed by atoms with Gasteiger partial charge in [-0.25, -0.2) is 4.98 Å². The molecule has 0 amide bonds. The van der Waals surface area contributed by atoms with Crippen LogP contribution in [0, 0.1) is 0 Å². The average Bonchev–Trinajstić information content (AvgIpc) is 3.10. The molecule has 2 aromatic heterocycles. The maximum atomic E-state index is 5.81. The van der Waals surface area contributed by atoms with Crippen molar-refractivity contribution in [2.24, 2.45) is 0 Å². The second kappa shape index (κ2) is 6.52. The summed E-state index contributed by atoms with van der Waals surface area (Å²) < 4.78 is 7.98. The lowest BCUT2D eigenvalue weighted by Gasteiger charge is -2.27. The van der Waals surface area contributed by atoms with Crippen LogP contribution in [0.4, 0.5) is 0 Å². The van der Waals surface area contributed by atoms with Gasteiger partial charge in [0.25, 0.3) is 0 Å². The Balaban J connectivity index is 1.61. The topological polar surface area (TPSA) is 30.3 Å². The van der Waals surface area contributed by atoms with Gasteiger partial charge in [-0.2, -0.15) is 0 Å². The summed E-state index contributed by atoms with van der Waals surface area (Å²) in [5.41, 5.74) is 1.28. The van der Waals surface area contributed by atoms with Gasteiger partial charge in [0.05, 0.1) is 6.10 Å². The molecule has 3 heterocycles. The average molecular weight is 291 g/mol. The third-order valence-electron chi connectivity index (χ3n) is 3.68. The Bertz CT molecular complexity index is 517. The molecule has 0 N–H and O–H groups in total. The Morgan fingerprint density at radius 1 is 1.50 bits per heavy atom. The number of hydrogen-bond acceptors (Lipinski definition) is 4. The molecule has 108 valence electrons. The second-order valence-electron chi connectivity index (χ2n) is 5.37. The number of likely N-dealkylation sites (N-methyl/N-ethyl adjacent to an activating group) is 1. The number of aromatic nitrogens is 2. The SMILES string of the molecule is CN(Cc1cccn1-c1nccs1)CC1CCCCO1. The molecule has 0 bridgehead atoms. The predicted octanol–water partition coefficient (Wildman–Crippen LogP) is 2.93. The van der Waals surface area contributed by atoms with E-state index in [1.807, 2.05) is 11.6 Å². The zero-order chi connectivity index (χ0) is 13.8. The van der Waals surface area contributed by atoms with E-state index in [4.69, 9.17) is 4.74 Å². The van der Waals surface area contributed by atoms with E-state index in [0.717, 1.165) is 24.8 Å². The summed E-state index contributed by atoms with van der Waals surface area (Å²) in [7, 11) is 2.16. The van der Waals surface area contributed by atoms with Gasteiger partial charge in [0, 0.05) is 43.2 Å². The van der Waals surface area contributed by atoms with Crippen LogP contribution in [0.2, 0.25) is 0 Å². The van der Waals surface area contributed by atoms with Gasteiger partial charge in [-0.1, -0.05) is 0 Å². The van der Waals surface area contributed by atoms with Crippen LogP contribution in [0.1, 0.15) is 25.0 Å². The van der Waals surface area contributed by atoms with Crippen LogP contribution < -0.4 is 0 Å². The molecular weight excluding hydrogens is 270 g/mol. The molecule has 0 spiro atoms. The highest BCUT2D eigenvalue weighted by Crippen LogP contribution is 2.18. The molecule has 2 aromatic rings. The molecule has 3 rings (SSSR count). The van der Waals surface area contributed by atoms with Gasteiger partial charge in [-0.05, 0) is 38.4 Å². The molecule has 0 saturated carbocycles. The molecule has 0 aromatic carbocycles. The van der Waals surface area contributed by atoms with Crippen molar-refractivity contribution < 1.29 is 4.74 Å². The van der Waals surface area contributed by atoms with Gasteiger partial charge in [-0.15, -0.1) is 11.3 Å². The predicted molar refractivity (Wildman–Crippen MR) is 81.4 cm³/mol. The number of nitrogens with zero attached hydrogens (tertiary/aromatic N) is 3. The van der Waals surface area contributed by atoms with E-state index in [0.29, 0.717) is 6.10 Å². The Kier molecular flexibility index (Phi) is 4.50. The van der Waals surface area contributed by atoms with Gasteiger partial charge in [-0.3, -0.25) is 9.47 Å². The Hall–Kier alpha value is -1.17. The maximum Gasteiger partial charge on any atom is 0.193 e. The summed E-state index contributed by atoms with van der Waals surface area (Å²) >= 11 is 1.67. The van der Waals surface area contributed by atoms with Crippen LogP contribution in [-0.4, -0.2) is 40.8 Å². The lowest BCUT2D eigenvalue weighted by Crippen LogP contribution is -2.33.